The average Bonchev–Trinajstić information content (AvgIpc) is 3.46. The van der Waals surface area contributed by atoms with E-state index in [1.54, 1.807) is 24.9 Å². The van der Waals surface area contributed by atoms with Crippen molar-refractivity contribution in [1.82, 2.24) is 14.9 Å². The third-order valence-corrected chi connectivity index (χ3v) is 8.58. The maximum absolute atomic E-state index is 12.3. The fourth-order valence-corrected chi connectivity index (χ4v) is 5.99. The maximum Gasteiger partial charge on any atom is 0.303 e. The number of carbonyl (C=O) groups is 2. The Labute approximate surface area is 261 Å². The van der Waals surface area contributed by atoms with Gasteiger partial charge >= 0.3 is 5.97 Å². The Balaban J connectivity index is 1.33. The summed E-state index contributed by atoms with van der Waals surface area (Å²) in [5.41, 5.74) is 5.69. The molecule has 230 valence electrons. The van der Waals surface area contributed by atoms with Gasteiger partial charge in [-0.2, -0.15) is 0 Å². The van der Waals surface area contributed by atoms with Crippen LogP contribution in [-0.4, -0.2) is 44.5 Å². The van der Waals surface area contributed by atoms with E-state index in [-0.39, 0.29) is 24.7 Å². The summed E-state index contributed by atoms with van der Waals surface area (Å²) in [4.78, 5) is 27.9. The minimum Gasteiger partial charge on any atom is -0.453 e. The number of amides is 1. The first-order chi connectivity index (χ1) is 21.3. The number of carbonyl (C=O) groups excluding carboxylic acids is 2. The fraction of sp³-hybridized carbons (Fsp3) is 0.324. The van der Waals surface area contributed by atoms with Crippen molar-refractivity contribution in [2.45, 2.75) is 63.2 Å². The number of imidazole rings is 1. The molecule has 1 amide bonds. The fourth-order valence-electron chi connectivity index (χ4n) is 5.04. The minimum atomic E-state index is -0.856. The SMILES string of the molecule is CC(=O)OC(C)C(=O)NCc1cccc(-c2cccc(C3OC(CSc4nccn4C)CC(c4ccc(CO)cc4)O3)c2)c1. The molecule has 4 unspecified atom stereocenters. The van der Waals surface area contributed by atoms with Crippen LogP contribution in [0.3, 0.4) is 0 Å². The number of nitrogens with one attached hydrogen (secondary N) is 1. The predicted molar refractivity (Wildman–Crippen MR) is 167 cm³/mol. The number of ether oxygens (including phenoxy) is 3. The van der Waals surface area contributed by atoms with E-state index in [4.69, 9.17) is 14.2 Å². The van der Waals surface area contributed by atoms with Gasteiger partial charge in [0.15, 0.2) is 17.6 Å². The molecule has 3 aromatic carbocycles. The van der Waals surface area contributed by atoms with E-state index in [2.05, 4.69) is 16.4 Å². The van der Waals surface area contributed by atoms with Gasteiger partial charge in [0.1, 0.15) is 0 Å². The maximum atomic E-state index is 12.3. The zero-order valence-corrected chi connectivity index (χ0v) is 25.8. The van der Waals surface area contributed by atoms with Crippen LogP contribution in [0.5, 0.6) is 0 Å². The second-order valence-electron chi connectivity index (χ2n) is 10.8. The van der Waals surface area contributed by atoms with Crippen molar-refractivity contribution in [2.24, 2.45) is 7.05 Å². The van der Waals surface area contributed by atoms with Crippen LogP contribution < -0.4 is 5.32 Å². The lowest BCUT2D eigenvalue weighted by Gasteiger charge is -2.36. The Morgan fingerprint density at radius 2 is 1.80 bits per heavy atom. The van der Waals surface area contributed by atoms with Crippen molar-refractivity contribution >= 4 is 23.6 Å². The highest BCUT2D eigenvalue weighted by atomic mass is 32.2. The van der Waals surface area contributed by atoms with Crippen molar-refractivity contribution < 1.29 is 28.9 Å². The number of benzene rings is 3. The summed E-state index contributed by atoms with van der Waals surface area (Å²) in [6.07, 6.45) is 2.71. The number of esters is 1. The number of nitrogens with zero attached hydrogens (tertiary/aromatic N) is 2. The molecule has 44 heavy (non-hydrogen) atoms. The summed E-state index contributed by atoms with van der Waals surface area (Å²) in [5, 5.41) is 13.3. The average molecular weight is 616 g/mol. The smallest absolute Gasteiger partial charge is 0.303 e. The highest BCUT2D eigenvalue weighted by Crippen LogP contribution is 2.40. The van der Waals surface area contributed by atoms with E-state index in [9.17, 15) is 14.7 Å². The lowest BCUT2D eigenvalue weighted by atomic mass is 9.99. The summed E-state index contributed by atoms with van der Waals surface area (Å²) < 4.78 is 20.1. The van der Waals surface area contributed by atoms with Crippen LogP contribution in [0.25, 0.3) is 11.1 Å². The van der Waals surface area contributed by atoms with Crippen LogP contribution in [-0.2, 0) is 44.0 Å². The topological polar surface area (TPSA) is 112 Å². The second-order valence-corrected chi connectivity index (χ2v) is 11.8. The van der Waals surface area contributed by atoms with E-state index in [0.717, 1.165) is 44.3 Å². The Bertz CT molecular complexity index is 1570. The molecule has 1 saturated heterocycles. The molecule has 1 fully saturated rings. The normalized spacial score (nSPS) is 18.9. The van der Waals surface area contributed by atoms with Crippen molar-refractivity contribution in [1.29, 1.82) is 0 Å². The summed E-state index contributed by atoms with van der Waals surface area (Å²) in [5.74, 6) is -0.126. The lowest BCUT2D eigenvalue weighted by molar-refractivity contribution is -0.245. The van der Waals surface area contributed by atoms with Crippen LogP contribution in [0.15, 0.2) is 90.3 Å². The van der Waals surface area contributed by atoms with E-state index in [0.29, 0.717) is 13.0 Å². The number of hydrogen-bond acceptors (Lipinski definition) is 8. The van der Waals surface area contributed by atoms with Crippen molar-refractivity contribution in [3.8, 4) is 11.1 Å². The zero-order valence-electron chi connectivity index (χ0n) is 25.0. The van der Waals surface area contributed by atoms with E-state index in [1.807, 2.05) is 84.5 Å². The molecule has 1 aromatic heterocycles. The summed E-state index contributed by atoms with van der Waals surface area (Å²) in [7, 11) is 1.98. The first-order valence-electron chi connectivity index (χ1n) is 14.5. The molecule has 0 saturated carbocycles. The second kappa shape index (κ2) is 14.7. The molecule has 0 aliphatic carbocycles. The van der Waals surface area contributed by atoms with Crippen LogP contribution in [0.4, 0.5) is 0 Å². The van der Waals surface area contributed by atoms with Crippen LogP contribution in [0.2, 0.25) is 0 Å². The number of aryl methyl sites for hydroxylation is 1. The number of thioether (sulfide) groups is 1. The van der Waals surface area contributed by atoms with Crippen molar-refractivity contribution in [2.75, 3.05) is 5.75 Å². The number of rotatable bonds is 11. The van der Waals surface area contributed by atoms with E-state index >= 15 is 0 Å². The summed E-state index contributed by atoms with van der Waals surface area (Å²) >= 11 is 1.66. The van der Waals surface area contributed by atoms with Gasteiger partial charge in [0, 0.05) is 50.6 Å². The Morgan fingerprint density at radius 3 is 2.50 bits per heavy atom. The van der Waals surface area contributed by atoms with Crippen LogP contribution in [0, 0.1) is 0 Å². The van der Waals surface area contributed by atoms with Gasteiger partial charge in [0.25, 0.3) is 5.91 Å². The third-order valence-electron chi connectivity index (χ3n) is 7.39. The van der Waals surface area contributed by atoms with Gasteiger partial charge < -0.3 is 29.2 Å². The van der Waals surface area contributed by atoms with Crippen LogP contribution in [0.1, 0.15) is 54.9 Å². The number of aliphatic hydroxyl groups excluding tert-OH is 1. The molecule has 0 bridgehead atoms. The zero-order chi connectivity index (χ0) is 31.1. The van der Waals surface area contributed by atoms with Gasteiger partial charge in [-0.15, -0.1) is 0 Å². The Kier molecular flexibility index (Phi) is 10.5. The molecular weight excluding hydrogens is 578 g/mol. The van der Waals surface area contributed by atoms with E-state index < -0.39 is 18.4 Å². The van der Waals surface area contributed by atoms with Gasteiger partial charge in [-0.05, 0) is 46.9 Å². The first kappa shape index (κ1) is 31.5. The molecule has 2 heterocycles. The van der Waals surface area contributed by atoms with E-state index in [1.165, 1.54) is 6.92 Å². The standard InChI is InChI=1S/C34H37N3O6S/c1-22(41-23(2)39)32(40)36-19-25-6-4-7-27(16-25)28-8-5-9-29(17-28)33-42-30(21-44-34-35-14-15-37(34)3)18-31(43-33)26-12-10-24(20-38)11-13-26/h4-17,22,30-31,33,38H,18-21H2,1-3H3,(H,36,40). The monoisotopic (exact) mass is 615 g/mol. The van der Waals surface area contributed by atoms with Gasteiger partial charge in [-0.1, -0.05) is 72.4 Å². The summed E-state index contributed by atoms with van der Waals surface area (Å²) in [6, 6.07) is 23.9. The summed E-state index contributed by atoms with van der Waals surface area (Å²) in [6.45, 7) is 3.12. The largest absolute Gasteiger partial charge is 0.453 e. The molecule has 1 aliphatic heterocycles. The molecule has 0 radical (unpaired) electrons. The van der Waals surface area contributed by atoms with Crippen molar-refractivity contribution in [3.05, 3.63) is 107 Å². The lowest BCUT2D eigenvalue weighted by Crippen LogP contribution is -2.35. The third kappa shape index (κ3) is 8.15. The Morgan fingerprint density at radius 1 is 1.05 bits per heavy atom. The number of aliphatic hydroxyl groups is 1. The molecule has 10 heteroatoms. The molecule has 4 atom stereocenters. The van der Waals surface area contributed by atoms with Gasteiger partial charge in [-0.3, -0.25) is 9.59 Å². The molecule has 1 aliphatic rings. The van der Waals surface area contributed by atoms with Gasteiger partial charge in [0.05, 0.1) is 18.8 Å². The predicted octanol–water partition coefficient (Wildman–Crippen LogP) is 5.48. The molecule has 9 nitrogen and oxygen atoms in total. The van der Waals surface area contributed by atoms with Gasteiger partial charge in [-0.25, -0.2) is 4.98 Å². The quantitative estimate of drug-likeness (QED) is 0.168. The minimum absolute atomic E-state index is 0.00572. The molecular formula is C34H37N3O6S. The molecule has 5 rings (SSSR count). The Hall–Kier alpha value is -3.96. The molecule has 4 aromatic rings. The van der Waals surface area contributed by atoms with Gasteiger partial charge in [0.2, 0.25) is 0 Å². The van der Waals surface area contributed by atoms with Crippen molar-refractivity contribution in [3.63, 3.8) is 0 Å². The first-order valence-corrected chi connectivity index (χ1v) is 15.5. The highest BCUT2D eigenvalue weighted by Gasteiger charge is 2.32. The van der Waals surface area contributed by atoms with Crippen LogP contribution >= 0.6 is 11.8 Å². The molecule has 2 N–H and O–H groups in total. The highest BCUT2D eigenvalue weighted by molar-refractivity contribution is 7.99. The number of hydrogen-bond donors (Lipinski definition) is 2. The number of aromatic nitrogens is 2. The molecule has 0 spiro atoms.